The van der Waals surface area contributed by atoms with Crippen LogP contribution in [0.15, 0.2) is 30.3 Å². The number of carboxylic acid groups (broad SMARTS) is 1. The second-order valence-corrected chi connectivity index (χ2v) is 8.94. The van der Waals surface area contributed by atoms with Gasteiger partial charge in [-0.25, -0.2) is 4.39 Å². The summed E-state index contributed by atoms with van der Waals surface area (Å²) in [4.78, 5) is 16.8. The second kappa shape index (κ2) is 8.93. The number of fused-ring (bicyclic) bond motifs is 2. The third kappa shape index (κ3) is 4.83. The van der Waals surface area contributed by atoms with Gasteiger partial charge in [0.15, 0.2) is 0 Å². The average molecular weight is 480 g/mol. The lowest BCUT2D eigenvalue weighted by Gasteiger charge is -2.22. The number of hydrogen-bond acceptors (Lipinski definition) is 2. The van der Waals surface area contributed by atoms with E-state index < -0.39 is 30.3 Å². The first-order valence-corrected chi connectivity index (χ1v) is 11.1. The SMILES string of the molecule is Cc1nc2cc3c(cc2c(-c2ccc(Cl)cc2F)c1C(CCCC(F)(F)F)C(=O)O)CCC3. The van der Waals surface area contributed by atoms with Crippen molar-refractivity contribution in [2.45, 2.75) is 57.5 Å². The van der Waals surface area contributed by atoms with Crippen LogP contribution in [-0.4, -0.2) is 22.2 Å². The van der Waals surface area contributed by atoms with Gasteiger partial charge in [-0.05, 0) is 91.6 Å². The van der Waals surface area contributed by atoms with Crippen LogP contribution in [-0.2, 0) is 17.6 Å². The largest absolute Gasteiger partial charge is 0.481 e. The lowest BCUT2D eigenvalue weighted by Crippen LogP contribution is -2.17. The molecule has 0 saturated carbocycles. The first-order chi connectivity index (χ1) is 15.5. The molecule has 0 spiro atoms. The molecule has 0 radical (unpaired) electrons. The first-order valence-electron chi connectivity index (χ1n) is 10.8. The molecule has 1 unspecified atom stereocenters. The minimum Gasteiger partial charge on any atom is -0.481 e. The van der Waals surface area contributed by atoms with Crippen LogP contribution in [0.5, 0.6) is 0 Å². The molecule has 1 heterocycles. The van der Waals surface area contributed by atoms with Gasteiger partial charge in [-0.2, -0.15) is 13.2 Å². The second-order valence-electron chi connectivity index (χ2n) is 8.50. The fraction of sp³-hybridized carbons (Fsp3) is 0.360. The Morgan fingerprint density at radius 2 is 1.88 bits per heavy atom. The summed E-state index contributed by atoms with van der Waals surface area (Å²) in [5.74, 6) is -3.16. The number of carbonyl (C=O) groups is 1. The highest BCUT2D eigenvalue weighted by Gasteiger charge is 2.32. The molecule has 1 aliphatic rings. The Hall–Kier alpha value is -2.67. The van der Waals surface area contributed by atoms with E-state index in [0.717, 1.165) is 36.5 Å². The molecular formula is C25H22ClF4NO2. The third-order valence-corrected chi connectivity index (χ3v) is 6.46. The van der Waals surface area contributed by atoms with Gasteiger partial charge in [0.1, 0.15) is 5.82 Å². The molecule has 1 aromatic heterocycles. The summed E-state index contributed by atoms with van der Waals surface area (Å²) in [5.41, 5.74) is 4.00. The molecule has 2 aromatic carbocycles. The number of benzene rings is 2. The van der Waals surface area contributed by atoms with Crippen LogP contribution in [0, 0.1) is 12.7 Å². The highest BCUT2D eigenvalue weighted by atomic mass is 35.5. The van der Waals surface area contributed by atoms with E-state index in [-0.39, 0.29) is 29.0 Å². The van der Waals surface area contributed by atoms with Crippen LogP contribution >= 0.6 is 11.6 Å². The van der Waals surface area contributed by atoms with Gasteiger partial charge in [0, 0.05) is 28.1 Å². The Bertz CT molecular complexity index is 1240. The van der Waals surface area contributed by atoms with E-state index >= 15 is 4.39 Å². The van der Waals surface area contributed by atoms with Crippen molar-refractivity contribution in [3.63, 3.8) is 0 Å². The van der Waals surface area contributed by atoms with E-state index in [1.807, 2.05) is 12.1 Å². The summed E-state index contributed by atoms with van der Waals surface area (Å²) >= 11 is 5.94. The van der Waals surface area contributed by atoms with Gasteiger partial charge in [-0.15, -0.1) is 0 Å². The van der Waals surface area contributed by atoms with Crippen LogP contribution in [0.4, 0.5) is 17.6 Å². The number of pyridine rings is 1. The van der Waals surface area contributed by atoms with E-state index in [1.165, 1.54) is 12.1 Å². The summed E-state index contributed by atoms with van der Waals surface area (Å²) < 4.78 is 53.3. The van der Waals surface area contributed by atoms with Crippen LogP contribution < -0.4 is 0 Å². The van der Waals surface area contributed by atoms with E-state index in [1.54, 1.807) is 6.92 Å². The maximum Gasteiger partial charge on any atom is 0.389 e. The molecule has 1 aliphatic carbocycles. The number of alkyl halides is 3. The summed E-state index contributed by atoms with van der Waals surface area (Å²) in [6.07, 6.45) is -3.32. The van der Waals surface area contributed by atoms with Gasteiger partial charge in [0.2, 0.25) is 0 Å². The highest BCUT2D eigenvalue weighted by molar-refractivity contribution is 6.30. The predicted molar refractivity (Wildman–Crippen MR) is 119 cm³/mol. The van der Waals surface area contributed by atoms with Crippen molar-refractivity contribution in [1.29, 1.82) is 0 Å². The zero-order valence-electron chi connectivity index (χ0n) is 17.9. The molecule has 174 valence electrons. The van der Waals surface area contributed by atoms with Gasteiger partial charge >= 0.3 is 12.1 Å². The Balaban J connectivity index is 1.97. The number of hydrogen-bond donors (Lipinski definition) is 1. The minimum atomic E-state index is -4.38. The zero-order valence-corrected chi connectivity index (χ0v) is 18.7. The van der Waals surface area contributed by atoms with Crippen molar-refractivity contribution in [3.8, 4) is 11.1 Å². The van der Waals surface area contributed by atoms with E-state index in [0.29, 0.717) is 22.2 Å². The topological polar surface area (TPSA) is 50.2 Å². The number of halogens is 5. The molecule has 1 atom stereocenters. The number of aryl methyl sites for hydroxylation is 3. The molecule has 4 rings (SSSR count). The van der Waals surface area contributed by atoms with Gasteiger partial charge in [0.25, 0.3) is 0 Å². The van der Waals surface area contributed by atoms with Gasteiger partial charge in [-0.1, -0.05) is 11.6 Å². The monoisotopic (exact) mass is 479 g/mol. The molecule has 33 heavy (non-hydrogen) atoms. The normalized spacial score (nSPS) is 14.5. The summed E-state index contributed by atoms with van der Waals surface area (Å²) in [5, 5.41) is 10.8. The molecule has 1 N–H and O–H groups in total. The molecule has 0 bridgehead atoms. The van der Waals surface area contributed by atoms with Crippen LogP contribution in [0.2, 0.25) is 5.02 Å². The Kier molecular flexibility index (Phi) is 6.36. The van der Waals surface area contributed by atoms with Crippen LogP contribution in [0.1, 0.15) is 54.0 Å². The van der Waals surface area contributed by atoms with Gasteiger partial charge in [0.05, 0.1) is 11.4 Å². The quantitative estimate of drug-likeness (QED) is 0.375. The fourth-order valence-electron chi connectivity index (χ4n) is 4.78. The zero-order chi connectivity index (χ0) is 23.9. The maximum atomic E-state index is 15.1. The Morgan fingerprint density at radius 1 is 1.18 bits per heavy atom. The van der Waals surface area contributed by atoms with Crippen LogP contribution in [0.25, 0.3) is 22.0 Å². The predicted octanol–water partition coefficient (Wildman–Crippen LogP) is 7.39. The lowest BCUT2D eigenvalue weighted by molar-refractivity contribution is -0.142. The fourth-order valence-corrected chi connectivity index (χ4v) is 4.94. The molecule has 3 aromatic rings. The molecule has 8 heteroatoms. The third-order valence-electron chi connectivity index (χ3n) is 6.23. The smallest absolute Gasteiger partial charge is 0.389 e. The van der Waals surface area contributed by atoms with E-state index in [9.17, 15) is 23.1 Å². The molecular weight excluding hydrogens is 458 g/mol. The van der Waals surface area contributed by atoms with E-state index in [2.05, 4.69) is 4.98 Å². The molecule has 0 saturated heterocycles. The van der Waals surface area contributed by atoms with Gasteiger partial charge in [-0.3, -0.25) is 9.78 Å². The average Bonchev–Trinajstić information content (AvgIpc) is 3.16. The van der Waals surface area contributed by atoms with Crippen LogP contribution in [0.3, 0.4) is 0 Å². The minimum absolute atomic E-state index is 0.157. The van der Waals surface area contributed by atoms with Crippen molar-refractivity contribution in [3.05, 3.63) is 63.6 Å². The van der Waals surface area contributed by atoms with Crippen molar-refractivity contribution in [2.24, 2.45) is 0 Å². The van der Waals surface area contributed by atoms with Crippen molar-refractivity contribution in [2.75, 3.05) is 0 Å². The van der Waals surface area contributed by atoms with E-state index in [4.69, 9.17) is 11.6 Å². The molecule has 0 fully saturated rings. The summed E-state index contributed by atoms with van der Waals surface area (Å²) in [6.45, 7) is 1.62. The molecule has 3 nitrogen and oxygen atoms in total. The molecule has 0 amide bonds. The standard InChI is InChI=1S/C25H22ClF4NO2/c1-13-22(18(24(32)33)6-3-9-25(28,29)30)23(17-8-7-16(26)12-20(17)27)19-10-14-4-2-5-15(14)11-21(19)31-13/h7-8,10-12,18H,2-6,9H2,1H3,(H,32,33). The number of rotatable bonds is 6. The lowest BCUT2D eigenvalue weighted by atomic mass is 9.83. The highest BCUT2D eigenvalue weighted by Crippen LogP contribution is 2.42. The van der Waals surface area contributed by atoms with Gasteiger partial charge < -0.3 is 5.11 Å². The Labute approximate surface area is 193 Å². The Morgan fingerprint density at radius 3 is 2.52 bits per heavy atom. The number of nitrogens with zero attached hydrogens (tertiary/aromatic N) is 1. The van der Waals surface area contributed by atoms with Crippen molar-refractivity contribution < 1.29 is 27.5 Å². The van der Waals surface area contributed by atoms with Crippen molar-refractivity contribution >= 4 is 28.5 Å². The summed E-state index contributed by atoms with van der Waals surface area (Å²) in [7, 11) is 0. The maximum absolute atomic E-state index is 15.1. The number of aromatic nitrogens is 1. The summed E-state index contributed by atoms with van der Waals surface area (Å²) in [6, 6.07) is 8.02. The molecule has 0 aliphatic heterocycles. The number of aliphatic carboxylic acids is 1. The number of carboxylic acids is 1. The first kappa shape index (κ1) is 23.5. The van der Waals surface area contributed by atoms with Crippen molar-refractivity contribution in [1.82, 2.24) is 4.98 Å².